The van der Waals surface area contributed by atoms with E-state index in [1.54, 1.807) is 6.07 Å². The smallest absolute Gasteiger partial charge is 0.252 e. The van der Waals surface area contributed by atoms with Gasteiger partial charge in [0.05, 0.1) is 18.9 Å². The van der Waals surface area contributed by atoms with Crippen LogP contribution in [-0.4, -0.2) is 18.6 Å². The molecule has 1 N–H and O–H groups in total. The molecule has 0 amide bonds. The van der Waals surface area contributed by atoms with Crippen molar-refractivity contribution in [3.05, 3.63) is 28.7 Å². The van der Waals surface area contributed by atoms with Crippen LogP contribution in [0.4, 0.5) is 0 Å². The molecule has 0 spiro atoms. The van der Waals surface area contributed by atoms with Crippen molar-refractivity contribution < 1.29 is 12.9 Å². The lowest BCUT2D eigenvalue weighted by atomic mass is 10.5. The third-order valence-electron chi connectivity index (χ3n) is 1.65. The van der Waals surface area contributed by atoms with Crippen LogP contribution >= 0.6 is 22.9 Å². The quantitative estimate of drug-likeness (QED) is 0.911. The summed E-state index contributed by atoms with van der Waals surface area (Å²) in [6.07, 6.45) is 2.64. The third kappa shape index (κ3) is 2.59. The third-order valence-corrected chi connectivity index (χ3v) is 4.63. The van der Waals surface area contributed by atoms with Gasteiger partial charge >= 0.3 is 0 Å². The monoisotopic (exact) mass is 279 g/mol. The highest BCUT2D eigenvalue weighted by Gasteiger charge is 2.17. The fourth-order valence-corrected chi connectivity index (χ4v) is 3.26. The molecular weight excluding hydrogens is 274 g/mol. The number of hydrogen-bond acceptors (Lipinski definition) is 6. The molecule has 0 unspecified atom stereocenters. The highest BCUT2D eigenvalue weighted by Crippen LogP contribution is 2.22. The van der Waals surface area contributed by atoms with Crippen LogP contribution in [0.25, 0.3) is 0 Å². The summed E-state index contributed by atoms with van der Waals surface area (Å²) in [5.74, 6) is 0.430. The van der Waals surface area contributed by atoms with Gasteiger partial charge < -0.3 is 4.52 Å². The molecular formula is C7H6ClN3O3S2. The van der Waals surface area contributed by atoms with E-state index in [2.05, 4.69) is 14.9 Å². The second kappa shape index (κ2) is 4.50. The molecule has 2 rings (SSSR count). The molecule has 0 aliphatic rings. The predicted octanol–water partition coefficient (Wildman–Crippen LogP) is 1.26. The van der Waals surface area contributed by atoms with Crippen LogP contribution in [0.15, 0.2) is 27.2 Å². The summed E-state index contributed by atoms with van der Waals surface area (Å²) in [6.45, 7) is 0.0395. The van der Waals surface area contributed by atoms with Crippen molar-refractivity contribution >= 4 is 33.0 Å². The number of sulfonamides is 1. The molecule has 86 valence electrons. The summed E-state index contributed by atoms with van der Waals surface area (Å²) in [5.41, 5.74) is 0. The van der Waals surface area contributed by atoms with Crippen LogP contribution in [0.1, 0.15) is 5.76 Å². The number of halogens is 1. The van der Waals surface area contributed by atoms with Gasteiger partial charge in [0.15, 0.2) is 14.4 Å². The Morgan fingerprint density at radius 3 is 2.94 bits per heavy atom. The average molecular weight is 280 g/mol. The van der Waals surface area contributed by atoms with E-state index in [1.165, 1.54) is 12.4 Å². The van der Waals surface area contributed by atoms with Crippen molar-refractivity contribution in [2.75, 3.05) is 0 Å². The topological polar surface area (TPSA) is 85.1 Å². The number of rotatable bonds is 4. The van der Waals surface area contributed by atoms with Crippen molar-refractivity contribution in [1.29, 1.82) is 0 Å². The molecule has 0 bridgehead atoms. The van der Waals surface area contributed by atoms with Gasteiger partial charge in [-0.05, 0) is 0 Å². The number of thiazole rings is 1. The number of aromatic nitrogens is 2. The standard InChI is InChI=1S/C7H6ClN3O3S2/c8-7-9-4-6(15-7)16(12,13)11-3-5-1-2-10-14-5/h1-2,4,11H,3H2. The maximum Gasteiger partial charge on any atom is 0.252 e. The minimum Gasteiger partial charge on any atom is -0.360 e. The lowest BCUT2D eigenvalue weighted by Crippen LogP contribution is -2.22. The van der Waals surface area contributed by atoms with Gasteiger partial charge in [-0.1, -0.05) is 28.1 Å². The molecule has 0 atom stereocenters. The maximum absolute atomic E-state index is 11.7. The van der Waals surface area contributed by atoms with Crippen LogP contribution in [0.2, 0.25) is 4.47 Å². The van der Waals surface area contributed by atoms with E-state index >= 15 is 0 Å². The Bertz CT molecular complexity index is 563. The molecule has 0 saturated heterocycles. The molecule has 16 heavy (non-hydrogen) atoms. The van der Waals surface area contributed by atoms with Crippen LogP contribution in [0.3, 0.4) is 0 Å². The fraction of sp³-hybridized carbons (Fsp3) is 0.143. The van der Waals surface area contributed by atoms with Gasteiger partial charge in [-0.25, -0.2) is 18.1 Å². The van der Waals surface area contributed by atoms with E-state index in [0.29, 0.717) is 5.76 Å². The molecule has 9 heteroatoms. The molecule has 0 saturated carbocycles. The SMILES string of the molecule is O=S(=O)(NCc1ccno1)c1cnc(Cl)s1. The average Bonchev–Trinajstić information content (AvgIpc) is 2.85. The van der Waals surface area contributed by atoms with Gasteiger partial charge in [-0.15, -0.1) is 0 Å². The Kier molecular flexibility index (Phi) is 3.24. The Labute approximate surface area is 100 Å². The van der Waals surface area contributed by atoms with E-state index in [-0.39, 0.29) is 15.2 Å². The summed E-state index contributed by atoms with van der Waals surface area (Å²) in [7, 11) is -3.58. The van der Waals surface area contributed by atoms with E-state index in [9.17, 15) is 8.42 Å². The van der Waals surface area contributed by atoms with Gasteiger partial charge in [0.1, 0.15) is 0 Å². The maximum atomic E-state index is 11.7. The zero-order valence-electron chi connectivity index (χ0n) is 7.75. The normalized spacial score (nSPS) is 11.8. The minimum atomic E-state index is -3.58. The lowest BCUT2D eigenvalue weighted by molar-refractivity contribution is 0.380. The number of nitrogens with zero attached hydrogens (tertiary/aromatic N) is 2. The summed E-state index contributed by atoms with van der Waals surface area (Å²) in [4.78, 5) is 3.66. The van der Waals surface area contributed by atoms with Gasteiger partial charge in [0.25, 0.3) is 10.0 Å². The second-order valence-corrected chi connectivity index (χ2v) is 6.34. The van der Waals surface area contributed by atoms with Crippen LogP contribution in [0, 0.1) is 0 Å². The number of hydrogen-bond donors (Lipinski definition) is 1. The van der Waals surface area contributed by atoms with E-state index in [1.807, 2.05) is 0 Å². The van der Waals surface area contributed by atoms with Crippen LogP contribution in [-0.2, 0) is 16.6 Å². The van der Waals surface area contributed by atoms with Crippen molar-refractivity contribution in [1.82, 2.24) is 14.9 Å². The van der Waals surface area contributed by atoms with Crippen molar-refractivity contribution in [2.24, 2.45) is 0 Å². The fourth-order valence-electron chi connectivity index (χ4n) is 0.934. The first-order valence-corrected chi connectivity index (χ1v) is 6.76. The molecule has 0 aromatic carbocycles. The largest absolute Gasteiger partial charge is 0.360 e. The predicted molar refractivity (Wildman–Crippen MR) is 57.7 cm³/mol. The highest BCUT2D eigenvalue weighted by molar-refractivity contribution is 7.91. The molecule has 2 aromatic heterocycles. The molecule has 0 radical (unpaired) electrons. The van der Waals surface area contributed by atoms with E-state index < -0.39 is 10.0 Å². The van der Waals surface area contributed by atoms with Gasteiger partial charge in [-0.3, -0.25) is 0 Å². The first-order chi connectivity index (χ1) is 7.58. The highest BCUT2D eigenvalue weighted by atomic mass is 35.5. The van der Waals surface area contributed by atoms with Crippen molar-refractivity contribution in [3.8, 4) is 0 Å². The molecule has 0 fully saturated rings. The van der Waals surface area contributed by atoms with Crippen LogP contribution in [0.5, 0.6) is 0 Å². The van der Waals surface area contributed by atoms with E-state index in [0.717, 1.165) is 11.3 Å². The molecule has 0 aliphatic carbocycles. The molecule has 2 heterocycles. The minimum absolute atomic E-state index is 0.0395. The molecule has 0 aliphatic heterocycles. The Balaban J connectivity index is 2.09. The van der Waals surface area contributed by atoms with Crippen molar-refractivity contribution in [3.63, 3.8) is 0 Å². The molecule has 2 aromatic rings. The Morgan fingerprint density at radius 2 is 2.38 bits per heavy atom. The zero-order chi connectivity index (χ0) is 11.6. The first kappa shape index (κ1) is 11.5. The van der Waals surface area contributed by atoms with Gasteiger partial charge in [0, 0.05) is 6.07 Å². The molecule has 6 nitrogen and oxygen atoms in total. The summed E-state index contributed by atoms with van der Waals surface area (Å²) >= 11 is 6.44. The van der Waals surface area contributed by atoms with Gasteiger partial charge in [0.2, 0.25) is 0 Å². The Morgan fingerprint density at radius 1 is 1.56 bits per heavy atom. The summed E-state index contributed by atoms with van der Waals surface area (Å²) in [5, 5.41) is 3.46. The Hall–Kier alpha value is -0.960. The van der Waals surface area contributed by atoms with E-state index in [4.69, 9.17) is 16.1 Å². The zero-order valence-corrected chi connectivity index (χ0v) is 10.1. The second-order valence-electron chi connectivity index (χ2n) is 2.74. The van der Waals surface area contributed by atoms with Crippen molar-refractivity contribution in [2.45, 2.75) is 10.8 Å². The lowest BCUT2D eigenvalue weighted by Gasteiger charge is -2.00. The first-order valence-electron chi connectivity index (χ1n) is 4.08. The van der Waals surface area contributed by atoms with Crippen LogP contribution < -0.4 is 4.72 Å². The number of nitrogens with one attached hydrogen (secondary N) is 1. The summed E-state index contributed by atoms with van der Waals surface area (Å²) in [6, 6.07) is 1.57. The summed E-state index contributed by atoms with van der Waals surface area (Å²) < 4.78 is 30.7. The van der Waals surface area contributed by atoms with Gasteiger partial charge in [-0.2, -0.15) is 0 Å².